The fourth-order valence-corrected chi connectivity index (χ4v) is 4.60. The number of amides is 1. The lowest BCUT2D eigenvalue weighted by Crippen LogP contribution is -2.48. The lowest BCUT2D eigenvalue weighted by Gasteiger charge is -2.41. The van der Waals surface area contributed by atoms with Crippen molar-refractivity contribution in [2.75, 3.05) is 24.8 Å². The summed E-state index contributed by atoms with van der Waals surface area (Å²) in [4.78, 5) is 15.8. The average Bonchev–Trinajstić information content (AvgIpc) is 3.22. The van der Waals surface area contributed by atoms with Crippen molar-refractivity contribution in [2.24, 2.45) is 5.73 Å². The smallest absolute Gasteiger partial charge is 0.231 e. The number of nitrogens with zero attached hydrogens (tertiary/aromatic N) is 2. The maximum absolute atomic E-state index is 14.5. The fourth-order valence-electron chi connectivity index (χ4n) is 4.40. The highest BCUT2D eigenvalue weighted by atomic mass is 35.5. The third kappa shape index (κ3) is 5.05. The van der Waals surface area contributed by atoms with Gasteiger partial charge in [-0.2, -0.15) is 0 Å². The van der Waals surface area contributed by atoms with E-state index in [1.807, 2.05) is 25.1 Å². The summed E-state index contributed by atoms with van der Waals surface area (Å²) in [7, 11) is 0. The topological polar surface area (TPSA) is 68.0 Å². The number of rotatable bonds is 7. The van der Waals surface area contributed by atoms with E-state index >= 15 is 0 Å². The number of anilines is 1. The molecule has 1 fully saturated rings. The van der Waals surface area contributed by atoms with Gasteiger partial charge in [0.05, 0.1) is 0 Å². The Morgan fingerprint density at radius 1 is 1.23 bits per heavy atom. The number of fused-ring (bicyclic) bond motifs is 1. The second-order valence-electron chi connectivity index (χ2n) is 8.19. The second-order valence-corrected chi connectivity index (χ2v) is 8.62. The molecule has 166 valence electrons. The first kappa shape index (κ1) is 21.7. The molecule has 0 bridgehead atoms. The Hall–Kier alpha value is -2.51. The van der Waals surface area contributed by atoms with Gasteiger partial charge in [0.15, 0.2) is 11.5 Å². The molecule has 31 heavy (non-hydrogen) atoms. The molecule has 0 spiro atoms. The Balaban J connectivity index is 1.56. The van der Waals surface area contributed by atoms with E-state index in [2.05, 4.69) is 9.80 Å². The van der Waals surface area contributed by atoms with Crippen LogP contribution >= 0.6 is 11.6 Å². The molecule has 2 heterocycles. The number of hydrogen-bond donors (Lipinski definition) is 1. The monoisotopic (exact) mass is 447 g/mol. The molecule has 0 aromatic heterocycles. The van der Waals surface area contributed by atoms with Crippen LogP contribution in [0.4, 0.5) is 10.1 Å². The summed E-state index contributed by atoms with van der Waals surface area (Å²) in [6.45, 7) is 4.32. The molecule has 1 atom stereocenters. The number of carbonyl (C=O) groups is 1. The fraction of sp³-hybridized carbons (Fsp3) is 0.435. The maximum atomic E-state index is 14.5. The number of benzene rings is 2. The van der Waals surface area contributed by atoms with Crippen molar-refractivity contribution in [3.63, 3.8) is 0 Å². The van der Waals surface area contributed by atoms with Crippen molar-refractivity contribution in [3.8, 4) is 11.5 Å². The van der Waals surface area contributed by atoms with Crippen LogP contribution in [0, 0.1) is 5.82 Å². The zero-order valence-corrected chi connectivity index (χ0v) is 18.3. The molecule has 2 aromatic carbocycles. The summed E-state index contributed by atoms with van der Waals surface area (Å²) < 4.78 is 25.5. The predicted molar refractivity (Wildman–Crippen MR) is 118 cm³/mol. The van der Waals surface area contributed by atoms with Crippen molar-refractivity contribution >= 4 is 23.2 Å². The third-order valence-electron chi connectivity index (χ3n) is 6.10. The molecule has 0 saturated carbocycles. The van der Waals surface area contributed by atoms with Crippen LogP contribution in [0.3, 0.4) is 0 Å². The van der Waals surface area contributed by atoms with Crippen LogP contribution in [0.15, 0.2) is 36.4 Å². The number of nitrogens with two attached hydrogens (primary N) is 1. The van der Waals surface area contributed by atoms with Crippen molar-refractivity contribution < 1.29 is 18.7 Å². The molecule has 1 saturated heterocycles. The minimum Gasteiger partial charge on any atom is -0.454 e. The molecule has 2 N–H and O–H groups in total. The van der Waals surface area contributed by atoms with Gasteiger partial charge < -0.3 is 20.1 Å². The van der Waals surface area contributed by atoms with Gasteiger partial charge in [0.2, 0.25) is 12.7 Å². The van der Waals surface area contributed by atoms with Crippen LogP contribution in [0.5, 0.6) is 11.5 Å². The minimum atomic E-state index is -0.284. The first-order valence-corrected chi connectivity index (χ1v) is 10.9. The van der Waals surface area contributed by atoms with E-state index in [9.17, 15) is 9.18 Å². The van der Waals surface area contributed by atoms with Crippen molar-refractivity contribution in [1.29, 1.82) is 0 Å². The lowest BCUT2D eigenvalue weighted by atomic mass is 9.99. The third-order valence-corrected chi connectivity index (χ3v) is 6.33. The number of piperidine rings is 1. The van der Waals surface area contributed by atoms with Gasteiger partial charge in [0.1, 0.15) is 5.82 Å². The number of primary amides is 1. The molecule has 8 heteroatoms. The number of halogens is 2. The summed E-state index contributed by atoms with van der Waals surface area (Å²) in [5.74, 6) is 0.852. The van der Waals surface area contributed by atoms with E-state index in [0.29, 0.717) is 35.1 Å². The lowest BCUT2D eigenvalue weighted by molar-refractivity contribution is -0.119. The normalized spacial score (nSPS) is 17.5. The molecule has 1 amide bonds. The van der Waals surface area contributed by atoms with E-state index in [-0.39, 0.29) is 30.6 Å². The Labute approximate surface area is 186 Å². The SMILES string of the molecule is CC(CC(N)=O)N1CCC(N(Cc2cc(Cl)ccc2F)c2ccc3c(c2)OCO3)CC1. The number of ether oxygens (including phenoxy) is 2. The Bertz CT molecular complexity index is 950. The Kier molecular flexibility index (Phi) is 6.53. The van der Waals surface area contributed by atoms with E-state index < -0.39 is 0 Å². The molecule has 2 aliphatic rings. The molecule has 0 aliphatic carbocycles. The van der Waals surface area contributed by atoms with Gasteiger partial charge in [-0.1, -0.05) is 11.6 Å². The van der Waals surface area contributed by atoms with Gasteiger partial charge in [-0.25, -0.2) is 4.39 Å². The largest absolute Gasteiger partial charge is 0.454 e. The number of carbonyl (C=O) groups excluding carboxylic acids is 1. The molecule has 2 aliphatic heterocycles. The molecule has 2 aromatic rings. The van der Waals surface area contributed by atoms with Crippen LogP contribution < -0.4 is 20.1 Å². The van der Waals surface area contributed by atoms with E-state index in [4.69, 9.17) is 26.8 Å². The standard InChI is InChI=1S/C23H27ClFN3O3/c1-15(10-23(26)29)27-8-6-18(7-9-27)28(13-16-11-17(24)2-4-20(16)25)19-3-5-21-22(12-19)31-14-30-21/h2-5,11-12,15,18H,6-10,13-14H2,1H3,(H2,26,29). The van der Waals surface area contributed by atoms with Crippen LogP contribution in [-0.4, -0.2) is 42.8 Å². The van der Waals surface area contributed by atoms with Gasteiger partial charge >= 0.3 is 0 Å². The van der Waals surface area contributed by atoms with Gasteiger partial charge in [0.25, 0.3) is 0 Å². The van der Waals surface area contributed by atoms with Crippen molar-refractivity contribution in [1.82, 2.24) is 4.90 Å². The van der Waals surface area contributed by atoms with Crippen LogP contribution in [0.25, 0.3) is 0 Å². The van der Waals surface area contributed by atoms with Gasteiger partial charge in [-0.3, -0.25) is 9.69 Å². The van der Waals surface area contributed by atoms with Gasteiger partial charge in [-0.05, 0) is 50.1 Å². The second kappa shape index (κ2) is 9.32. The summed E-state index contributed by atoms with van der Waals surface area (Å²) in [6.07, 6.45) is 2.13. The summed E-state index contributed by atoms with van der Waals surface area (Å²) in [6, 6.07) is 10.8. The van der Waals surface area contributed by atoms with E-state index in [0.717, 1.165) is 31.6 Å². The van der Waals surface area contributed by atoms with E-state index in [1.54, 1.807) is 12.1 Å². The average molecular weight is 448 g/mol. The number of likely N-dealkylation sites (tertiary alicyclic amines) is 1. The maximum Gasteiger partial charge on any atom is 0.231 e. The summed E-state index contributed by atoms with van der Waals surface area (Å²) in [5.41, 5.74) is 6.87. The highest BCUT2D eigenvalue weighted by molar-refractivity contribution is 6.30. The van der Waals surface area contributed by atoms with Crippen LogP contribution in [0.2, 0.25) is 5.02 Å². The van der Waals surface area contributed by atoms with Crippen molar-refractivity contribution in [2.45, 2.75) is 44.8 Å². The first-order chi connectivity index (χ1) is 14.9. The van der Waals surface area contributed by atoms with E-state index in [1.165, 1.54) is 6.07 Å². The zero-order chi connectivity index (χ0) is 22.0. The molecular formula is C23H27ClFN3O3. The molecular weight excluding hydrogens is 421 g/mol. The molecule has 4 rings (SSSR count). The molecule has 6 nitrogen and oxygen atoms in total. The summed E-state index contributed by atoms with van der Waals surface area (Å²) >= 11 is 6.14. The Morgan fingerprint density at radius 2 is 1.97 bits per heavy atom. The first-order valence-electron chi connectivity index (χ1n) is 10.5. The zero-order valence-electron chi connectivity index (χ0n) is 17.5. The molecule has 1 unspecified atom stereocenters. The predicted octanol–water partition coefficient (Wildman–Crippen LogP) is 3.94. The van der Waals surface area contributed by atoms with Gasteiger partial charge in [0, 0.05) is 60.5 Å². The number of hydrogen-bond acceptors (Lipinski definition) is 5. The quantitative estimate of drug-likeness (QED) is 0.696. The Morgan fingerprint density at radius 3 is 2.71 bits per heavy atom. The van der Waals surface area contributed by atoms with Crippen molar-refractivity contribution in [3.05, 3.63) is 52.8 Å². The highest BCUT2D eigenvalue weighted by Crippen LogP contribution is 2.37. The van der Waals surface area contributed by atoms with Crippen LogP contribution in [0.1, 0.15) is 31.7 Å². The van der Waals surface area contributed by atoms with Crippen LogP contribution in [-0.2, 0) is 11.3 Å². The highest BCUT2D eigenvalue weighted by Gasteiger charge is 2.29. The molecule has 0 radical (unpaired) electrons. The van der Waals surface area contributed by atoms with Gasteiger partial charge in [-0.15, -0.1) is 0 Å². The summed E-state index contributed by atoms with van der Waals surface area (Å²) in [5, 5.41) is 0.511. The minimum absolute atomic E-state index is 0.114.